The summed E-state index contributed by atoms with van der Waals surface area (Å²) in [5.41, 5.74) is 0. The molecule has 112 valence electrons. The molecule has 0 saturated carbocycles. The van der Waals surface area contributed by atoms with Gasteiger partial charge in [-0.15, -0.1) is 12.4 Å². The molecule has 2 rings (SSSR count). The Morgan fingerprint density at radius 3 is 2.84 bits per heavy atom. The highest BCUT2D eigenvalue weighted by molar-refractivity contribution is 5.85. The van der Waals surface area contributed by atoms with Crippen LogP contribution in [0.5, 0.6) is 0 Å². The Balaban J connectivity index is 0.00000180. The maximum absolute atomic E-state index is 11.8. The number of halogens is 1. The highest BCUT2D eigenvalue weighted by atomic mass is 35.5. The van der Waals surface area contributed by atoms with Gasteiger partial charge in [0, 0.05) is 19.1 Å². The Morgan fingerprint density at radius 1 is 1.32 bits per heavy atom. The average molecular weight is 290 g/mol. The van der Waals surface area contributed by atoms with Crippen LogP contribution >= 0.6 is 12.4 Å². The van der Waals surface area contributed by atoms with E-state index in [2.05, 4.69) is 22.5 Å². The Bertz CT molecular complexity index is 269. The van der Waals surface area contributed by atoms with Gasteiger partial charge in [-0.2, -0.15) is 0 Å². The lowest BCUT2D eigenvalue weighted by molar-refractivity contribution is -0.122. The molecular weight excluding hydrogens is 262 g/mol. The molecule has 0 aliphatic carbocycles. The second-order valence-corrected chi connectivity index (χ2v) is 5.67. The average Bonchev–Trinajstić information content (AvgIpc) is 2.90. The normalized spacial score (nSPS) is 27.8. The van der Waals surface area contributed by atoms with Gasteiger partial charge in [-0.25, -0.2) is 0 Å². The van der Waals surface area contributed by atoms with Crippen LogP contribution < -0.4 is 10.6 Å². The van der Waals surface area contributed by atoms with Crippen molar-refractivity contribution < 1.29 is 4.79 Å². The molecule has 2 N–H and O–H groups in total. The van der Waals surface area contributed by atoms with Crippen LogP contribution in [0.3, 0.4) is 0 Å². The van der Waals surface area contributed by atoms with Gasteiger partial charge < -0.3 is 15.5 Å². The first kappa shape index (κ1) is 16.7. The largest absolute Gasteiger partial charge is 0.355 e. The summed E-state index contributed by atoms with van der Waals surface area (Å²) >= 11 is 0. The molecule has 1 amide bonds. The van der Waals surface area contributed by atoms with E-state index < -0.39 is 0 Å². The zero-order valence-corrected chi connectivity index (χ0v) is 12.8. The molecule has 0 aromatic heterocycles. The number of hydrogen-bond acceptors (Lipinski definition) is 3. The van der Waals surface area contributed by atoms with Crippen LogP contribution in [0.2, 0.25) is 0 Å². The second kappa shape index (κ2) is 8.77. The van der Waals surface area contributed by atoms with E-state index in [1.54, 1.807) is 0 Å². The van der Waals surface area contributed by atoms with Gasteiger partial charge >= 0.3 is 0 Å². The lowest BCUT2D eigenvalue weighted by Gasteiger charge is -2.33. The number of likely N-dealkylation sites (tertiary alicyclic amines) is 1. The van der Waals surface area contributed by atoms with E-state index in [4.69, 9.17) is 0 Å². The van der Waals surface area contributed by atoms with Crippen molar-refractivity contribution >= 4 is 18.3 Å². The molecule has 2 fully saturated rings. The van der Waals surface area contributed by atoms with Gasteiger partial charge in [-0.05, 0) is 52.1 Å². The van der Waals surface area contributed by atoms with Gasteiger partial charge in [0.25, 0.3) is 0 Å². The van der Waals surface area contributed by atoms with Crippen LogP contribution in [0.1, 0.15) is 45.4 Å². The molecule has 4 nitrogen and oxygen atoms in total. The smallest absolute Gasteiger partial charge is 0.237 e. The van der Waals surface area contributed by atoms with Crippen molar-refractivity contribution in [2.24, 2.45) is 0 Å². The highest BCUT2D eigenvalue weighted by Gasteiger charge is 2.21. The number of amides is 1. The molecule has 0 radical (unpaired) electrons. The molecule has 2 aliphatic rings. The van der Waals surface area contributed by atoms with Crippen LogP contribution in [0.25, 0.3) is 0 Å². The number of hydrogen-bond donors (Lipinski definition) is 2. The van der Waals surface area contributed by atoms with Gasteiger partial charge in [0.1, 0.15) is 0 Å². The zero-order valence-electron chi connectivity index (χ0n) is 12.0. The topological polar surface area (TPSA) is 44.4 Å². The quantitative estimate of drug-likeness (QED) is 0.755. The first-order valence-electron chi connectivity index (χ1n) is 7.52. The second-order valence-electron chi connectivity index (χ2n) is 5.67. The predicted molar refractivity (Wildman–Crippen MR) is 80.8 cm³/mol. The number of carbonyl (C=O) groups is 1. The van der Waals surface area contributed by atoms with Gasteiger partial charge in [-0.3, -0.25) is 4.79 Å². The highest BCUT2D eigenvalue weighted by Crippen LogP contribution is 2.16. The summed E-state index contributed by atoms with van der Waals surface area (Å²) in [6.07, 6.45) is 7.24. The van der Waals surface area contributed by atoms with Crippen LogP contribution in [0.4, 0.5) is 0 Å². The van der Waals surface area contributed by atoms with Crippen molar-refractivity contribution in [2.45, 2.75) is 57.5 Å². The minimum Gasteiger partial charge on any atom is -0.355 e. The van der Waals surface area contributed by atoms with Crippen LogP contribution in [0.15, 0.2) is 0 Å². The predicted octanol–water partition coefficient (Wildman–Crippen LogP) is 1.54. The summed E-state index contributed by atoms with van der Waals surface area (Å²) < 4.78 is 0. The van der Waals surface area contributed by atoms with Crippen LogP contribution in [-0.2, 0) is 4.79 Å². The third-order valence-electron chi connectivity index (χ3n) is 4.24. The van der Waals surface area contributed by atoms with E-state index in [0.717, 1.165) is 44.9 Å². The Labute approximate surface area is 123 Å². The number of nitrogens with zero attached hydrogens (tertiary/aromatic N) is 1. The lowest BCUT2D eigenvalue weighted by atomic mass is 10.0. The number of carbonyl (C=O) groups excluding carboxylic acids is 1. The zero-order chi connectivity index (χ0) is 12.8. The van der Waals surface area contributed by atoms with Crippen molar-refractivity contribution in [1.29, 1.82) is 0 Å². The fourth-order valence-electron chi connectivity index (χ4n) is 3.02. The van der Waals surface area contributed by atoms with Crippen molar-refractivity contribution in [3.05, 3.63) is 0 Å². The van der Waals surface area contributed by atoms with Crippen molar-refractivity contribution in [1.82, 2.24) is 15.5 Å². The van der Waals surface area contributed by atoms with Gasteiger partial charge in [0.2, 0.25) is 5.91 Å². The van der Waals surface area contributed by atoms with E-state index in [0.29, 0.717) is 0 Å². The lowest BCUT2D eigenvalue weighted by Crippen LogP contribution is -2.42. The maximum atomic E-state index is 11.8. The number of nitrogens with one attached hydrogen (secondary N) is 2. The third-order valence-corrected chi connectivity index (χ3v) is 4.24. The van der Waals surface area contributed by atoms with Crippen LogP contribution in [-0.4, -0.2) is 49.1 Å². The van der Waals surface area contributed by atoms with Crippen LogP contribution in [0, 0.1) is 0 Å². The van der Waals surface area contributed by atoms with Gasteiger partial charge in [0.05, 0.1) is 6.04 Å². The molecule has 2 aliphatic heterocycles. The summed E-state index contributed by atoms with van der Waals surface area (Å²) in [5.74, 6) is 0.194. The van der Waals surface area contributed by atoms with E-state index in [1.165, 1.54) is 25.8 Å². The first-order valence-corrected chi connectivity index (χ1v) is 7.52. The maximum Gasteiger partial charge on any atom is 0.237 e. The summed E-state index contributed by atoms with van der Waals surface area (Å²) in [6.45, 7) is 6.49. The number of rotatable bonds is 5. The van der Waals surface area contributed by atoms with E-state index in [1.807, 2.05) is 0 Å². The third kappa shape index (κ3) is 5.28. The van der Waals surface area contributed by atoms with Crippen molar-refractivity contribution in [2.75, 3.05) is 26.2 Å². The Hall–Kier alpha value is -0.320. The molecule has 5 heteroatoms. The standard InChI is InChI=1S/C14H27N3O.ClH/c1-12-6-2-3-10-17(12)11-5-9-16-14(18)13-7-4-8-15-13;/h12-13,15H,2-11H2,1H3,(H,16,18);1H. The van der Waals surface area contributed by atoms with Crippen molar-refractivity contribution in [3.8, 4) is 0 Å². The Kier molecular flexibility index (Phi) is 7.73. The molecular formula is C14H28ClN3O. The molecule has 0 aromatic rings. The number of piperidine rings is 1. The fourth-order valence-corrected chi connectivity index (χ4v) is 3.02. The molecule has 2 unspecified atom stereocenters. The monoisotopic (exact) mass is 289 g/mol. The van der Waals surface area contributed by atoms with E-state index >= 15 is 0 Å². The van der Waals surface area contributed by atoms with E-state index in [-0.39, 0.29) is 24.4 Å². The molecule has 2 saturated heterocycles. The first-order chi connectivity index (χ1) is 8.77. The van der Waals surface area contributed by atoms with E-state index in [9.17, 15) is 4.79 Å². The minimum atomic E-state index is 0. The van der Waals surface area contributed by atoms with Crippen molar-refractivity contribution in [3.63, 3.8) is 0 Å². The van der Waals surface area contributed by atoms with Gasteiger partial charge in [0.15, 0.2) is 0 Å². The molecule has 0 spiro atoms. The Morgan fingerprint density at radius 2 is 2.16 bits per heavy atom. The summed E-state index contributed by atoms with van der Waals surface area (Å²) in [7, 11) is 0. The molecule has 2 heterocycles. The molecule has 0 bridgehead atoms. The fraction of sp³-hybridized carbons (Fsp3) is 0.929. The molecule has 2 atom stereocenters. The summed E-state index contributed by atoms with van der Waals surface area (Å²) in [5, 5.41) is 6.28. The SMILES string of the molecule is CC1CCCCN1CCCNC(=O)C1CCCN1.Cl. The summed E-state index contributed by atoms with van der Waals surface area (Å²) in [6, 6.07) is 0.796. The molecule has 19 heavy (non-hydrogen) atoms. The molecule has 0 aromatic carbocycles. The minimum absolute atomic E-state index is 0. The van der Waals surface area contributed by atoms with Gasteiger partial charge in [-0.1, -0.05) is 6.42 Å². The summed E-state index contributed by atoms with van der Waals surface area (Å²) in [4.78, 5) is 14.3.